The molecule has 4 nitrogen and oxygen atoms in total. The number of aliphatic carboxylic acids is 1. The van der Waals surface area contributed by atoms with Crippen LogP contribution in [0.15, 0.2) is 18.2 Å². The summed E-state index contributed by atoms with van der Waals surface area (Å²) >= 11 is 11.9. The van der Waals surface area contributed by atoms with E-state index >= 15 is 0 Å². The summed E-state index contributed by atoms with van der Waals surface area (Å²) in [5.74, 6) is -0.250. The second kappa shape index (κ2) is 6.41. The Morgan fingerprint density at radius 3 is 2.29 bits per heavy atom. The lowest BCUT2D eigenvalue weighted by molar-refractivity contribution is -0.136. The zero-order valence-electron chi connectivity index (χ0n) is 11.7. The highest BCUT2D eigenvalue weighted by molar-refractivity contribution is 6.42. The minimum absolute atomic E-state index is 0.0648. The van der Waals surface area contributed by atoms with Crippen LogP contribution in [0.2, 0.25) is 10.0 Å². The summed E-state index contributed by atoms with van der Waals surface area (Å²) < 4.78 is 0. The first-order valence-corrected chi connectivity index (χ1v) is 7.11. The van der Waals surface area contributed by atoms with E-state index in [2.05, 4.69) is 9.97 Å². The van der Waals surface area contributed by atoms with Gasteiger partial charge in [-0.1, -0.05) is 29.3 Å². The topological polar surface area (TPSA) is 63.1 Å². The number of aromatic nitrogens is 2. The number of hydrogen-bond acceptors (Lipinski definition) is 3. The van der Waals surface area contributed by atoms with Gasteiger partial charge in [0.25, 0.3) is 0 Å². The van der Waals surface area contributed by atoms with Crippen LogP contribution in [0.25, 0.3) is 0 Å². The van der Waals surface area contributed by atoms with Gasteiger partial charge in [-0.3, -0.25) is 4.79 Å². The molecule has 0 saturated carbocycles. The molecule has 2 aromatic rings. The standard InChI is InChI=1S/C15H14Cl2N2O2/c1-8-11(7-15(20)21)9(2)19-14(18-8)6-10-3-4-12(16)13(17)5-10/h3-5H,6-7H2,1-2H3,(H,20,21). The van der Waals surface area contributed by atoms with Gasteiger partial charge in [0.1, 0.15) is 5.82 Å². The summed E-state index contributed by atoms with van der Waals surface area (Å²) in [4.78, 5) is 19.6. The van der Waals surface area contributed by atoms with Gasteiger partial charge in [-0.15, -0.1) is 0 Å². The molecule has 0 amide bonds. The van der Waals surface area contributed by atoms with Crippen LogP contribution in [-0.2, 0) is 17.6 Å². The number of benzene rings is 1. The van der Waals surface area contributed by atoms with Crippen molar-refractivity contribution in [3.05, 3.63) is 56.6 Å². The fourth-order valence-electron chi connectivity index (χ4n) is 2.13. The van der Waals surface area contributed by atoms with Gasteiger partial charge in [-0.2, -0.15) is 0 Å². The van der Waals surface area contributed by atoms with E-state index in [1.165, 1.54) is 0 Å². The van der Waals surface area contributed by atoms with Gasteiger partial charge < -0.3 is 5.11 Å². The van der Waals surface area contributed by atoms with Crippen molar-refractivity contribution in [3.63, 3.8) is 0 Å². The maximum absolute atomic E-state index is 10.8. The minimum atomic E-state index is -0.887. The van der Waals surface area contributed by atoms with Crippen molar-refractivity contribution in [2.24, 2.45) is 0 Å². The molecule has 110 valence electrons. The highest BCUT2D eigenvalue weighted by Crippen LogP contribution is 2.23. The van der Waals surface area contributed by atoms with E-state index in [0.29, 0.717) is 39.2 Å². The minimum Gasteiger partial charge on any atom is -0.481 e. The molecule has 21 heavy (non-hydrogen) atoms. The average molecular weight is 325 g/mol. The predicted octanol–water partition coefficient (Wildman–Crippen LogP) is 3.62. The van der Waals surface area contributed by atoms with Crippen molar-refractivity contribution in [2.45, 2.75) is 26.7 Å². The summed E-state index contributed by atoms with van der Waals surface area (Å²) in [5, 5.41) is 9.89. The third-order valence-electron chi connectivity index (χ3n) is 3.14. The molecular formula is C15H14Cl2N2O2. The van der Waals surface area contributed by atoms with Gasteiger partial charge in [-0.05, 0) is 31.5 Å². The van der Waals surface area contributed by atoms with Gasteiger partial charge in [0.05, 0.1) is 16.5 Å². The van der Waals surface area contributed by atoms with E-state index < -0.39 is 5.97 Å². The van der Waals surface area contributed by atoms with Crippen molar-refractivity contribution < 1.29 is 9.90 Å². The predicted molar refractivity (Wildman–Crippen MR) is 82.1 cm³/mol. The van der Waals surface area contributed by atoms with E-state index in [4.69, 9.17) is 28.3 Å². The molecule has 0 unspecified atom stereocenters. The molecule has 1 aromatic carbocycles. The maximum Gasteiger partial charge on any atom is 0.307 e. The normalized spacial score (nSPS) is 10.7. The SMILES string of the molecule is Cc1nc(Cc2ccc(Cl)c(Cl)c2)nc(C)c1CC(=O)O. The molecule has 0 aliphatic heterocycles. The van der Waals surface area contributed by atoms with Gasteiger partial charge in [-0.25, -0.2) is 9.97 Å². The monoisotopic (exact) mass is 324 g/mol. The Morgan fingerprint density at radius 2 is 1.76 bits per heavy atom. The van der Waals surface area contributed by atoms with E-state index in [-0.39, 0.29) is 6.42 Å². The van der Waals surface area contributed by atoms with Crippen molar-refractivity contribution in [1.82, 2.24) is 9.97 Å². The van der Waals surface area contributed by atoms with E-state index in [9.17, 15) is 4.79 Å². The number of carboxylic acid groups (broad SMARTS) is 1. The number of aryl methyl sites for hydroxylation is 2. The number of carboxylic acids is 1. The Morgan fingerprint density at radius 1 is 1.14 bits per heavy atom. The summed E-state index contributed by atoms with van der Waals surface area (Å²) in [6.07, 6.45) is 0.455. The Balaban J connectivity index is 2.29. The largest absolute Gasteiger partial charge is 0.481 e. The first-order valence-electron chi connectivity index (χ1n) is 6.35. The number of rotatable bonds is 4. The summed E-state index contributed by atoms with van der Waals surface area (Å²) in [6, 6.07) is 5.38. The van der Waals surface area contributed by atoms with Crippen molar-refractivity contribution in [2.75, 3.05) is 0 Å². The number of nitrogens with zero attached hydrogens (tertiary/aromatic N) is 2. The summed E-state index contributed by atoms with van der Waals surface area (Å²) in [7, 11) is 0. The van der Waals surface area contributed by atoms with Crippen LogP contribution in [0.4, 0.5) is 0 Å². The zero-order valence-corrected chi connectivity index (χ0v) is 13.2. The fraction of sp³-hybridized carbons (Fsp3) is 0.267. The van der Waals surface area contributed by atoms with Gasteiger partial charge in [0.15, 0.2) is 0 Å². The molecule has 0 saturated heterocycles. The summed E-state index contributed by atoms with van der Waals surface area (Å²) in [6.45, 7) is 3.59. The zero-order chi connectivity index (χ0) is 15.6. The van der Waals surface area contributed by atoms with Crippen molar-refractivity contribution in [1.29, 1.82) is 0 Å². The molecule has 0 aliphatic carbocycles. The third-order valence-corrected chi connectivity index (χ3v) is 3.88. The molecular weight excluding hydrogens is 311 g/mol. The average Bonchev–Trinajstić information content (AvgIpc) is 2.38. The van der Waals surface area contributed by atoms with E-state index in [0.717, 1.165) is 5.56 Å². The molecule has 0 bridgehead atoms. The van der Waals surface area contributed by atoms with Crippen molar-refractivity contribution in [3.8, 4) is 0 Å². The van der Waals surface area contributed by atoms with Crippen molar-refractivity contribution >= 4 is 29.2 Å². The second-order valence-electron chi connectivity index (χ2n) is 4.78. The van der Waals surface area contributed by atoms with Crippen LogP contribution in [0, 0.1) is 13.8 Å². The Labute approximate surface area is 132 Å². The molecule has 0 spiro atoms. The molecule has 0 radical (unpaired) electrons. The third kappa shape index (κ3) is 3.93. The highest BCUT2D eigenvalue weighted by Gasteiger charge is 2.12. The molecule has 1 N–H and O–H groups in total. The summed E-state index contributed by atoms with van der Waals surface area (Å²) in [5.41, 5.74) is 3.01. The Bertz CT molecular complexity index is 679. The van der Waals surface area contributed by atoms with Gasteiger partial charge in [0.2, 0.25) is 0 Å². The molecule has 6 heteroatoms. The molecule has 2 rings (SSSR count). The Hall–Kier alpha value is -1.65. The van der Waals surface area contributed by atoms with Gasteiger partial charge >= 0.3 is 5.97 Å². The molecule has 1 aromatic heterocycles. The quantitative estimate of drug-likeness (QED) is 0.932. The van der Waals surface area contributed by atoms with Gasteiger partial charge in [0, 0.05) is 23.4 Å². The van der Waals surface area contributed by atoms with Crippen LogP contribution >= 0.6 is 23.2 Å². The lowest BCUT2D eigenvalue weighted by Crippen LogP contribution is -2.10. The van der Waals surface area contributed by atoms with Crippen LogP contribution in [0.1, 0.15) is 28.3 Å². The molecule has 1 heterocycles. The number of hydrogen-bond donors (Lipinski definition) is 1. The van der Waals surface area contributed by atoms with Crippen LogP contribution in [0.3, 0.4) is 0 Å². The first kappa shape index (κ1) is 15.7. The van der Waals surface area contributed by atoms with Crippen LogP contribution in [0.5, 0.6) is 0 Å². The number of halogens is 2. The van der Waals surface area contributed by atoms with E-state index in [1.54, 1.807) is 26.0 Å². The van der Waals surface area contributed by atoms with E-state index in [1.807, 2.05) is 6.07 Å². The molecule has 0 atom stereocenters. The fourth-order valence-corrected chi connectivity index (χ4v) is 2.45. The van der Waals surface area contributed by atoms with Crippen LogP contribution < -0.4 is 0 Å². The maximum atomic E-state index is 10.8. The highest BCUT2D eigenvalue weighted by atomic mass is 35.5. The molecule has 0 aliphatic rings. The second-order valence-corrected chi connectivity index (χ2v) is 5.60. The Kier molecular flexibility index (Phi) is 4.80. The number of carbonyl (C=O) groups is 1. The van der Waals surface area contributed by atoms with Crippen LogP contribution in [-0.4, -0.2) is 21.0 Å². The lowest BCUT2D eigenvalue weighted by Gasteiger charge is -2.09. The molecule has 0 fully saturated rings. The lowest BCUT2D eigenvalue weighted by atomic mass is 10.1. The first-order chi connectivity index (χ1) is 9.86. The smallest absolute Gasteiger partial charge is 0.307 e.